The topological polar surface area (TPSA) is 0 Å². The van der Waals surface area contributed by atoms with Crippen molar-refractivity contribution in [1.82, 2.24) is 0 Å². The summed E-state index contributed by atoms with van der Waals surface area (Å²) in [4.78, 5) is 0. The molecule has 0 saturated carbocycles. The van der Waals surface area contributed by atoms with E-state index in [1.165, 1.54) is 5.56 Å². The molecule has 0 N–H and O–H groups in total. The van der Waals surface area contributed by atoms with Crippen LogP contribution in [-0.4, -0.2) is 0 Å². The number of hydrogen-bond donors (Lipinski definition) is 0. The van der Waals surface area contributed by atoms with Gasteiger partial charge >= 0.3 is 0 Å². The maximum atomic E-state index is 5.58. The molecule has 0 fully saturated rings. The number of benzene rings is 1. The standard InChI is InChI=1S/C10H12Cl.Pd/c1-8(2)10-5-3-4-9(6-10)7-11;/h3-8H,1-2H3;. The maximum absolute atomic E-state index is 5.58. The molecule has 0 nitrogen and oxygen atoms in total. The first-order valence-electron chi connectivity index (χ1n) is 3.77. The van der Waals surface area contributed by atoms with Crippen LogP contribution in [0.4, 0.5) is 0 Å². The third-order valence-electron chi connectivity index (χ3n) is 1.70. The van der Waals surface area contributed by atoms with E-state index in [4.69, 9.17) is 11.6 Å². The Balaban J connectivity index is 0.00000121. The largest absolute Gasteiger partial charge is 0.116 e. The zero-order valence-electron chi connectivity index (χ0n) is 7.16. The second-order valence-electron chi connectivity index (χ2n) is 2.93. The van der Waals surface area contributed by atoms with Crippen molar-refractivity contribution in [3.8, 4) is 0 Å². The van der Waals surface area contributed by atoms with Crippen molar-refractivity contribution in [2.45, 2.75) is 19.8 Å². The molecule has 0 atom stereocenters. The molecule has 0 aliphatic heterocycles. The Morgan fingerprint density at radius 3 is 2.50 bits per heavy atom. The minimum absolute atomic E-state index is 0. The van der Waals surface area contributed by atoms with Crippen LogP contribution >= 0.6 is 11.6 Å². The summed E-state index contributed by atoms with van der Waals surface area (Å²) in [7, 11) is 0. The van der Waals surface area contributed by atoms with Gasteiger partial charge in [-0.05, 0) is 17.0 Å². The Bertz CT molecular complexity index is 233. The second-order valence-corrected chi connectivity index (χ2v) is 3.15. The minimum atomic E-state index is 0. The predicted molar refractivity (Wildman–Crippen MR) is 49.8 cm³/mol. The molecule has 0 bridgehead atoms. The number of rotatable bonds is 2. The molecule has 2 heteroatoms. The van der Waals surface area contributed by atoms with E-state index in [1.807, 2.05) is 12.1 Å². The monoisotopic (exact) mass is 273 g/mol. The van der Waals surface area contributed by atoms with E-state index < -0.39 is 0 Å². The molecule has 0 saturated heterocycles. The summed E-state index contributed by atoms with van der Waals surface area (Å²) in [5, 5.41) is 0. The van der Waals surface area contributed by atoms with Crippen molar-refractivity contribution in [2.24, 2.45) is 0 Å². The van der Waals surface area contributed by atoms with E-state index >= 15 is 0 Å². The van der Waals surface area contributed by atoms with E-state index in [9.17, 15) is 0 Å². The van der Waals surface area contributed by atoms with Crippen molar-refractivity contribution >= 4 is 11.6 Å². The third kappa shape index (κ3) is 3.27. The molecule has 0 spiro atoms. The molecule has 0 amide bonds. The number of hydrogen-bond acceptors (Lipinski definition) is 0. The van der Waals surface area contributed by atoms with E-state index in [-0.39, 0.29) is 20.4 Å². The van der Waals surface area contributed by atoms with Crippen molar-refractivity contribution in [3.05, 3.63) is 41.3 Å². The average Bonchev–Trinajstić information content (AvgIpc) is 2.05. The summed E-state index contributed by atoms with van der Waals surface area (Å²) in [6.07, 6.45) is 0. The first-order valence-corrected chi connectivity index (χ1v) is 4.21. The Morgan fingerprint density at radius 1 is 1.33 bits per heavy atom. The fraction of sp³-hybridized carbons (Fsp3) is 0.300. The van der Waals surface area contributed by atoms with E-state index in [0.29, 0.717) is 5.92 Å². The van der Waals surface area contributed by atoms with Crippen molar-refractivity contribution in [3.63, 3.8) is 0 Å². The Hall–Kier alpha value is 0.172. The summed E-state index contributed by atoms with van der Waals surface area (Å²) in [5.74, 6) is 2.18. The fourth-order valence-electron chi connectivity index (χ4n) is 0.986. The van der Waals surface area contributed by atoms with Gasteiger partial charge in [0, 0.05) is 20.4 Å². The molecule has 0 heterocycles. The van der Waals surface area contributed by atoms with Crippen molar-refractivity contribution in [2.75, 3.05) is 0 Å². The molecule has 0 aromatic heterocycles. The molecule has 1 radical (unpaired) electrons. The van der Waals surface area contributed by atoms with Crippen LogP contribution in [-0.2, 0) is 20.4 Å². The average molecular weight is 274 g/mol. The van der Waals surface area contributed by atoms with Gasteiger partial charge in [-0.25, -0.2) is 0 Å². The van der Waals surface area contributed by atoms with Crippen LogP contribution in [0, 0.1) is 5.88 Å². The SMILES string of the molecule is CC(C)c1cccc([CH]Cl)c1.[Pd]. The van der Waals surface area contributed by atoms with Gasteiger partial charge in [-0.2, -0.15) is 0 Å². The summed E-state index contributed by atoms with van der Waals surface area (Å²) in [6, 6.07) is 8.26. The minimum Gasteiger partial charge on any atom is -0.116 e. The van der Waals surface area contributed by atoms with Gasteiger partial charge in [0.25, 0.3) is 0 Å². The zero-order valence-corrected chi connectivity index (χ0v) is 9.47. The second kappa shape index (κ2) is 5.76. The summed E-state index contributed by atoms with van der Waals surface area (Å²) < 4.78 is 0. The first-order chi connectivity index (χ1) is 5.24. The van der Waals surface area contributed by atoms with Gasteiger partial charge in [-0.1, -0.05) is 38.1 Å². The molecular weight excluding hydrogens is 262 g/mol. The van der Waals surface area contributed by atoms with Crippen LogP contribution in [0.15, 0.2) is 24.3 Å². The van der Waals surface area contributed by atoms with Crippen LogP contribution in [0.3, 0.4) is 0 Å². The van der Waals surface area contributed by atoms with Gasteiger partial charge in [0.05, 0.1) is 5.88 Å². The van der Waals surface area contributed by atoms with Crippen LogP contribution in [0.5, 0.6) is 0 Å². The van der Waals surface area contributed by atoms with Gasteiger partial charge in [-0.3, -0.25) is 0 Å². The molecule has 0 aliphatic carbocycles. The third-order valence-corrected chi connectivity index (χ3v) is 1.96. The van der Waals surface area contributed by atoms with E-state index in [0.717, 1.165) is 5.56 Å². The van der Waals surface area contributed by atoms with Crippen molar-refractivity contribution in [1.29, 1.82) is 0 Å². The zero-order chi connectivity index (χ0) is 8.27. The molecule has 0 aliphatic rings. The molecule has 1 rings (SSSR count). The van der Waals surface area contributed by atoms with E-state index in [1.54, 1.807) is 5.88 Å². The molecule has 69 valence electrons. The molecule has 0 unspecified atom stereocenters. The van der Waals surface area contributed by atoms with Crippen LogP contribution in [0.25, 0.3) is 0 Å². The Morgan fingerprint density at radius 2 is 2.00 bits per heavy atom. The molecule has 1 aromatic carbocycles. The Kier molecular flexibility index (Phi) is 5.84. The smallest absolute Gasteiger partial charge is 0.0790 e. The van der Waals surface area contributed by atoms with Gasteiger partial charge in [0.15, 0.2) is 0 Å². The summed E-state index contributed by atoms with van der Waals surface area (Å²) in [5.41, 5.74) is 2.41. The van der Waals surface area contributed by atoms with Crippen LogP contribution in [0.2, 0.25) is 0 Å². The molecular formula is C10H12ClPd. The quantitative estimate of drug-likeness (QED) is 0.723. The summed E-state index contributed by atoms with van der Waals surface area (Å²) in [6.45, 7) is 4.35. The Labute approximate surface area is 93.0 Å². The predicted octanol–water partition coefficient (Wildman–Crippen LogP) is 3.56. The van der Waals surface area contributed by atoms with Gasteiger partial charge in [0.2, 0.25) is 0 Å². The molecule has 12 heavy (non-hydrogen) atoms. The van der Waals surface area contributed by atoms with E-state index in [2.05, 4.69) is 26.0 Å². The van der Waals surface area contributed by atoms with Gasteiger partial charge < -0.3 is 0 Å². The van der Waals surface area contributed by atoms with Gasteiger partial charge in [0.1, 0.15) is 0 Å². The normalized spacial score (nSPS) is 9.67. The first kappa shape index (κ1) is 12.2. The van der Waals surface area contributed by atoms with Crippen LogP contribution < -0.4 is 0 Å². The molecule has 1 aromatic rings. The van der Waals surface area contributed by atoms with Crippen LogP contribution in [0.1, 0.15) is 30.9 Å². The van der Waals surface area contributed by atoms with Gasteiger partial charge in [-0.15, -0.1) is 11.6 Å². The van der Waals surface area contributed by atoms with Crippen molar-refractivity contribution < 1.29 is 20.4 Å². The fourth-order valence-corrected chi connectivity index (χ4v) is 1.12. The maximum Gasteiger partial charge on any atom is 0.0790 e. The number of halogens is 1. The summed E-state index contributed by atoms with van der Waals surface area (Å²) >= 11 is 5.58.